The number of carbonyl (C=O) groups is 1. The molecule has 0 amide bonds. The van der Waals surface area contributed by atoms with E-state index in [2.05, 4.69) is 125 Å². The van der Waals surface area contributed by atoms with Crippen LogP contribution in [0.5, 0.6) is 11.8 Å². The van der Waals surface area contributed by atoms with Crippen molar-refractivity contribution in [2.75, 3.05) is 9.80 Å². The summed E-state index contributed by atoms with van der Waals surface area (Å²) in [6.07, 6.45) is 0. The Morgan fingerprint density at radius 2 is 0.628 bits per heavy atom. The predicted octanol–water partition coefficient (Wildman–Crippen LogP) is 27.5. The molecule has 0 atom stereocenters. The topological polar surface area (TPSA) is 160 Å². The van der Waals surface area contributed by atoms with Crippen LogP contribution in [0, 0.1) is 130 Å². The van der Waals surface area contributed by atoms with Crippen LogP contribution in [0.3, 0.4) is 0 Å². The number of carboxylic acids is 1. The largest absolute Gasteiger partial charge is 2.00 e. The molecule has 14 nitrogen and oxygen atoms in total. The van der Waals surface area contributed by atoms with Crippen molar-refractivity contribution in [3.63, 3.8) is 0 Å². The van der Waals surface area contributed by atoms with Crippen LogP contribution in [0.15, 0.2) is 243 Å². The number of rotatable bonds is 17. The monoisotopic (exact) mass is 2580 g/mol. The van der Waals surface area contributed by atoms with Gasteiger partial charge in [-0.2, -0.15) is 0 Å². The van der Waals surface area contributed by atoms with Crippen LogP contribution in [0.4, 0.5) is 96.1 Å². The summed E-state index contributed by atoms with van der Waals surface area (Å²) >= 11 is 0. The molecule has 0 aliphatic rings. The van der Waals surface area contributed by atoms with Crippen LogP contribution in [0.1, 0.15) is 109 Å². The van der Waals surface area contributed by atoms with Gasteiger partial charge in [-0.3, -0.25) is 101 Å². The van der Waals surface area contributed by atoms with E-state index < -0.39 is 104 Å². The maximum Gasteiger partial charge on any atom is 2.00 e. The molecule has 0 unspecified atom stereocenters. The summed E-state index contributed by atoms with van der Waals surface area (Å²) in [6.45, 7) is 29.1. The fraction of sp³-hybridized carbons (Fsp3) is 0.143. The first-order valence-electron chi connectivity index (χ1n) is 40.5. The fourth-order valence-electron chi connectivity index (χ4n) is 13.5. The summed E-state index contributed by atoms with van der Waals surface area (Å²) < 4.78 is 200. The summed E-state index contributed by atoms with van der Waals surface area (Å²) in [4.78, 5) is 53.3. The molecule has 0 aliphatic carbocycles. The van der Waals surface area contributed by atoms with Gasteiger partial charge in [0.25, 0.3) is 0 Å². The molecule has 32 heteroatoms. The Balaban J connectivity index is 0.000000206. The fourth-order valence-corrected chi connectivity index (χ4v) is 13.5. The van der Waals surface area contributed by atoms with Crippen LogP contribution in [0.25, 0.3) is 83.6 Å². The van der Waals surface area contributed by atoms with E-state index in [0.717, 1.165) is 95.7 Å². The second-order valence-corrected chi connectivity index (χ2v) is 33.2. The number of hydrogen-bond donors (Lipinski definition) is 1. The van der Waals surface area contributed by atoms with Gasteiger partial charge in [-0.1, -0.05) is 208 Å². The third-order valence-electron chi connectivity index (χ3n) is 20.1. The molecule has 706 valence electrons. The van der Waals surface area contributed by atoms with Gasteiger partial charge in [0.1, 0.15) is 29.0 Å². The van der Waals surface area contributed by atoms with Crippen molar-refractivity contribution in [1.82, 2.24) is 39.9 Å². The number of anilines is 5. The molecule has 8 aromatic carbocycles. The van der Waals surface area contributed by atoms with Crippen LogP contribution in [0.2, 0.25) is 0 Å². The van der Waals surface area contributed by atoms with Crippen LogP contribution in [-0.4, -0.2) is 56.5 Å². The minimum absolute atomic E-state index is 0. The van der Waals surface area contributed by atoms with Crippen molar-refractivity contribution in [3.8, 4) is 90.6 Å². The maximum absolute atomic E-state index is 14.8. The summed E-state index contributed by atoms with van der Waals surface area (Å²) in [5.41, 5.74) is 2.89. The number of carboxylic acid groups (broad SMARTS) is 1. The van der Waals surface area contributed by atoms with Crippen molar-refractivity contribution < 1.29 is 160 Å². The molecule has 0 radical (unpaired) electrons. The Hall–Kier alpha value is -12.9. The molecule has 16 rings (SSSR count). The zero-order valence-corrected chi connectivity index (χ0v) is 82.9. The Morgan fingerprint density at radius 3 is 0.942 bits per heavy atom. The molecule has 0 saturated carbocycles. The van der Waals surface area contributed by atoms with E-state index in [1.54, 1.807) is 114 Å². The second kappa shape index (κ2) is 45.8. The molecule has 0 saturated heterocycles. The maximum atomic E-state index is 14.8. The van der Waals surface area contributed by atoms with E-state index in [1.807, 2.05) is 51.7 Å². The molecule has 137 heavy (non-hydrogen) atoms. The number of hydrogen-bond acceptors (Lipinski definition) is 12. The second-order valence-electron chi connectivity index (χ2n) is 33.2. The summed E-state index contributed by atoms with van der Waals surface area (Å²) in [5, 5.41) is 9.16. The van der Waals surface area contributed by atoms with Crippen LogP contribution in [-0.2, 0) is 101 Å². The normalized spacial score (nSPS) is 11.1. The average molecular weight is 2580 g/mol. The van der Waals surface area contributed by atoms with Gasteiger partial charge in [0, 0.05) is 125 Å². The van der Waals surface area contributed by atoms with E-state index in [-0.39, 0.29) is 191 Å². The summed E-state index contributed by atoms with van der Waals surface area (Å²) in [5.74, 6) is -10.4. The van der Waals surface area contributed by atoms with Crippen molar-refractivity contribution in [2.45, 2.75) is 97.9 Å². The zero-order chi connectivity index (χ0) is 95.7. The molecule has 0 aliphatic heterocycles. The number of aromatic carboxylic acids is 1. The number of ether oxygens (including phenoxy) is 1. The minimum Gasteiger partial charge on any atom is -0.477 e. The molecule has 0 fully saturated rings. The van der Waals surface area contributed by atoms with Gasteiger partial charge in [-0.15, -0.1) is 90.5 Å². The Labute approximate surface area is 838 Å². The van der Waals surface area contributed by atoms with E-state index in [0.29, 0.717) is 34.7 Å². The Kier molecular flexibility index (Phi) is 36.0. The first-order chi connectivity index (χ1) is 63.1. The average Bonchev–Trinajstić information content (AvgIpc) is 0.762. The van der Waals surface area contributed by atoms with Gasteiger partial charge in [0.15, 0.2) is 5.69 Å². The van der Waals surface area contributed by atoms with Gasteiger partial charge < -0.3 is 19.7 Å². The third kappa shape index (κ3) is 26.3. The van der Waals surface area contributed by atoms with Gasteiger partial charge >= 0.3 is 69.2 Å². The van der Waals surface area contributed by atoms with E-state index >= 15 is 0 Å². The quantitative estimate of drug-likeness (QED) is 0.0678. The first kappa shape index (κ1) is 108. The Morgan fingerprint density at radius 1 is 0.343 bits per heavy atom. The Bertz CT molecular complexity index is 6810. The molecule has 8 aromatic heterocycles. The van der Waals surface area contributed by atoms with Crippen molar-refractivity contribution >= 4 is 40.6 Å². The molecular formula is C105H74F14N11O3Pt4-. The standard InChI is InChI=1S/C36H31F4N3.C26H19F4N3.C22H10F4N2O.C21H14F2N3O2.4Pt/c1-35(2,3)22-17-23(36(4,5)6)19-26(18-22)43(33-11-7-9-31(41-33)27-15-13-24(37)20-29(27)39)34-12-8-10-32(42-34)28-16-14-25(38)21-30(28)40;1-26(2,3)33(24-8-4-6-22(31-24)18-12-10-16(27)14-20(18)29)25-9-5-7-23(32-25)19-13-11-17(28)15-21(19)30;23-13-7-9-15(17(25)11-13)19-3-1-5-21(27-19)29-22-6-2-4-20(28-22)16-10-8-14(24)12-18(16)26;1-21(2,17-9-5-7-15(26-17)20(27)28)16-8-4-6-14(25-16)12-10-11-13(22)19(24-3)18(12)23;;;;/h7-14,17-21H,1-6H3;4-11,14-15H,1-3H3;1-8,11-12H;4-9,11H,1-2H3,(H,27,28);;;;/q3*-2;-1;;3*+2. The SMILES string of the molecule is CC(C)(C)N(c1cccc(-c2[c-]cc(F)cc2F)n1)c1cccc(-c2[c-]cc(F)cc2F)n1.CC(C)(C)c1cc(N(c2cccc(-c3[c-]cc(F)cc3F)n2)c2cccc(-c3[c-]cc(F)cc3F)n2)cc(C(C)(C)C)c1.Fc1c[c-]c(-c2cccc(Oc3cccc(-c4[c-]cc(F)cc4F)n3)n2)c(F)c1.[C-]#[N+]c1c(F)c[c-]c(-c2cccc(C(C)(C)c3cccc(C(=O)O)n3)n2)c1F.[Pt+2].[Pt+2].[Pt+2].[Pt]. The van der Waals surface area contributed by atoms with Gasteiger partial charge in [-0.25, -0.2) is 9.78 Å². The van der Waals surface area contributed by atoms with E-state index in [4.69, 9.17) is 26.4 Å². The zero-order valence-electron chi connectivity index (χ0n) is 73.8. The summed E-state index contributed by atoms with van der Waals surface area (Å²) in [6, 6.07) is 75.0. The van der Waals surface area contributed by atoms with Crippen LogP contribution >= 0.6 is 0 Å². The third-order valence-corrected chi connectivity index (χ3v) is 20.1. The smallest absolute Gasteiger partial charge is 0.477 e. The summed E-state index contributed by atoms with van der Waals surface area (Å²) in [7, 11) is 0. The molecule has 8 heterocycles. The molecular weight excluding hydrogens is 2510 g/mol. The molecule has 0 bridgehead atoms. The van der Waals surface area contributed by atoms with Crippen LogP contribution < -0.4 is 14.5 Å². The van der Waals surface area contributed by atoms with E-state index in [9.17, 15) is 66.3 Å². The van der Waals surface area contributed by atoms with Crippen molar-refractivity contribution in [1.29, 1.82) is 0 Å². The number of aromatic nitrogens is 8. The number of pyridine rings is 8. The predicted molar refractivity (Wildman–Crippen MR) is 476 cm³/mol. The van der Waals surface area contributed by atoms with Crippen molar-refractivity contribution in [3.05, 3.63) is 406 Å². The number of nitrogens with zero attached hydrogens (tertiary/aromatic N) is 11. The molecule has 0 spiro atoms. The number of halogens is 14. The number of benzene rings is 8. The van der Waals surface area contributed by atoms with E-state index in [1.165, 1.54) is 36.4 Å². The van der Waals surface area contributed by atoms with Gasteiger partial charge in [0.05, 0.1) is 12.3 Å². The molecule has 16 aromatic rings. The molecule has 1 N–H and O–H groups in total. The first-order valence-corrected chi connectivity index (χ1v) is 40.5. The van der Waals surface area contributed by atoms with Crippen molar-refractivity contribution in [2.24, 2.45) is 0 Å². The van der Waals surface area contributed by atoms with Gasteiger partial charge in [-0.05, 0) is 163 Å². The van der Waals surface area contributed by atoms with Gasteiger partial charge in [0.2, 0.25) is 11.8 Å². The minimum atomic E-state index is -1.14.